The van der Waals surface area contributed by atoms with Gasteiger partial charge in [0, 0.05) is 32.5 Å². The second kappa shape index (κ2) is 6.13. The molecule has 1 aromatic carbocycles. The van der Waals surface area contributed by atoms with Gasteiger partial charge in [0.2, 0.25) is 0 Å². The Hall–Kier alpha value is -1.43. The summed E-state index contributed by atoms with van der Waals surface area (Å²) in [6.45, 7) is 3.51. The summed E-state index contributed by atoms with van der Waals surface area (Å²) in [4.78, 5) is 13.7. The maximum Gasteiger partial charge on any atom is 0.312 e. The van der Waals surface area contributed by atoms with Crippen LogP contribution in [-0.2, 0) is 14.3 Å². The number of piperidine rings is 1. The van der Waals surface area contributed by atoms with Crippen molar-refractivity contribution in [3.05, 3.63) is 35.9 Å². The molecular weight excluding hydrogens is 270 g/mol. The number of carbonyl (C=O) groups is 1. The average Bonchev–Trinajstić information content (AvgIpc) is 2.96. The maximum atomic E-state index is 11.5. The number of aliphatic carboxylic acids is 1. The number of rotatable bonds is 4. The van der Waals surface area contributed by atoms with Crippen LogP contribution < -0.4 is 0 Å². The molecule has 2 heterocycles. The highest BCUT2D eigenvalue weighted by atomic mass is 16.7. The van der Waals surface area contributed by atoms with E-state index in [1.54, 1.807) is 0 Å². The van der Waals surface area contributed by atoms with Gasteiger partial charge < -0.3 is 19.5 Å². The van der Waals surface area contributed by atoms with Crippen LogP contribution in [0.25, 0.3) is 0 Å². The molecule has 5 nitrogen and oxygen atoms in total. The van der Waals surface area contributed by atoms with Gasteiger partial charge in [-0.1, -0.05) is 30.3 Å². The third kappa shape index (κ3) is 3.26. The first-order valence-corrected chi connectivity index (χ1v) is 7.47. The Labute approximate surface area is 124 Å². The molecular formula is C16H21NO4. The summed E-state index contributed by atoms with van der Waals surface area (Å²) in [5, 5.41) is 9.49. The first-order valence-electron chi connectivity index (χ1n) is 7.47. The predicted octanol–water partition coefficient (Wildman–Crippen LogP) is 1.69. The number of nitrogens with zero attached hydrogens (tertiary/aromatic N) is 1. The van der Waals surface area contributed by atoms with Gasteiger partial charge in [0.15, 0.2) is 5.79 Å². The fourth-order valence-corrected chi connectivity index (χ4v) is 3.13. The zero-order valence-corrected chi connectivity index (χ0v) is 12.0. The normalized spacial score (nSPS) is 23.2. The molecule has 0 saturated carbocycles. The Morgan fingerprint density at radius 1 is 1.19 bits per heavy atom. The van der Waals surface area contributed by atoms with Crippen molar-refractivity contribution in [1.82, 2.24) is 4.90 Å². The van der Waals surface area contributed by atoms with Crippen molar-refractivity contribution in [3.63, 3.8) is 0 Å². The number of carboxylic acid groups (broad SMARTS) is 1. The Morgan fingerprint density at radius 2 is 1.81 bits per heavy atom. The molecule has 3 rings (SSSR count). The molecule has 1 N–H and O–H groups in total. The minimum absolute atomic E-state index is 0.401. The minimum atomic E-state index is -0.769. The summed E-state index contributed by atoms with van der Waals surface area (Å²) < 4.78 is 11.4. The third-order valence-corrected chi connectivity index (χ3v) is 4.37. The van der Waals surface area contributed by atoms with Crippen LogP contribution in [0.15, 0.2) is 30.3 Å². The first kappa shape index (κ1) is 14.5. The summed E-state index contributed by atoms with van der Waals surface area (Å²) in [6.07, 6.45) is 1.63. The van der Waals surface area contributed by atoms with Crippen LogP contribution in [0.1, 0.15) is 24.3 Å². The summed E-state index contributed by atoms with van der Waals surface area (Å²) in [5.74, 6) is -1.65. The van der Waals surface area contributed by atoms with E-state index in [-0.39, 0.29) is 0 Å². The second-order valence-corrected chi connectivity index (χ2v) is 5.71. The topological polar surface area (TPSA) is 59.0 Å². The Bertz CT molecular complexity index is 474. The molecule has 1 spiro atoms. The van der Waals surface area contributed by atoms with Crippen molar-refractivity contribution in [2.75, 3.05) is 32.8 Å². The molecule has 0 bridgehead atoms. The maximum absolute atomic E-state index is 11.5. The largest absolute Gasteiger partial charge is 0.481 e. The minimum Gasteiger partial charge on any atom is -0.481 e. The van der Waals surface area contributed by atoms with Crippen LogP contribution in [0.2, 0.25) is 0 Å². The van der Waals surface area contributed by atoms with Crippen molar-refractivity contribution >= 4 is 5.97 Å². The zero-order valence-electron chi connectivity index (χ0n) is 12.0. The van der Waals surface area contributed by atoms with Crippen LogP contribution >= 0.6 is 0 Å². The molecule has 5 heteroatoms. The number of carboxylic acids is 1. The van der Waals surface area contributed by atoms with Crippen molar-refractivity contribution in [1.29, 1.82) is 0 Å². The van der Waals surface area contributed by atoms with Crippen molar-refractivity contribution in [2.45, 2.75) is 24.5 Å². The smallest absolute Gasteiger partial charge is 0.312 e. The van der Waals surface area contributed by atoms with Crippen molar-refractivity contribution in [2.24, 2.45) is 0 Å². The molecule has 0 aromatic heterocycles. The number of hydrogen-bond acceptors (Lipinski definition) is 4. The van der Waals surface area contributed by atoms with Crippen LogP contribution in [-0.4, -0.2) is 54.6 Å². The monoisotopic (exact) mass is 291 g/mol. The quantitative estimate of drug-likeness (QED) is 0.915. The van der Waals surface area contributed by atoms with Crippen LogP contribution in [0, 0.1) is 0 Å². The molecule has 114 valence electrons. The van der Waals surface area contributed by atoms with Gasteiger partial charge >= 0.3 is 5.97 Å². The number of benzene rings is 1. The fraction of sp³-hybridized carbons (Fsp3) is 0.562. The first-order chi connectivity index (χ1) is 10.2. The van der Waals surface area contributed by atoms with Crippen LogP contribution in [0.5, 0.6) is 0 Å². The fourth-order valence-electron chi connectivity index (χ4n) is 3.13. The van der Waals surface area contributed by atoms with Gasteiger partial charge in [0.25, 0.3) is 0 Å². The average molecular weight is 291 g/mol. The Morgan fingerprint density at radius 3 is 2.38 bits per heavy atom. The molecule has 1 unspecified atom stereocenters. The molecule has 0 amide bonds. The molecule has 0 aliphatic carbocycles. The summed E-state index contributed by atoms with van der Waals surface area (Å²) in [7, 11) is 0. The molecule has 2 aliphatic heterocycles. The highest BCUT2D eigenvalue weighted by molar-refractivity contribution is 5.76. The van der Waals surface area contributed by atoms with Crippen molar-refractivity contribution in [3.8, 4) is 0 Å². The van der Waals surface area contributed by atoms with E-state index in [0.717, 1.165) is 31.5 Å². The van der Waals surface area contributed by atoms with E-state index < -0.39 is 17.7 Å². The molecule has 1 aromatic rings. The van der Waals surface area contributed by atoms with E-state index in [4.69, 9.17) is 9.47 Å². The standard InChI is InChI=1S/C16H21NO4/c18-15(19)14(13-4-2-1-3-5-13)12-17-8-6-16(7-9-17)20-10-11-21-16/h1-5,14H,6-12H2,(H,18,19). The zero-order chi connectivity index (χ0) is 14.7. The molecule has 1 atom stereocenters. The molecule has 2 aliphatic rings. The van der Waals surface area contributed by atoms with Crippen LogP contribution in [0.3, 0.4) is 0 Å². The van der Waals surface area contributed by atoms with E-state index >= 15 is 0 Å². The lowest BCUT2D eigenvalue weighted by atomic mass is 9.96. The number of hydrogen-bond donors (Lipinski definition) is 1. The van der Waals surface area contributed by atoms with E-state index in [0.29, 0.717) is 19.8 Å². The lowest BCUT2D eigenvalue weighted by Gasteiger charge is -2.38. The highest BCUT2D eigenvalue weighted by Gasteiger charge is 2.40. The van der Waals surface area contributed by atoms with Gasteiger partial charge in [-0.05, 0) is 5.56 Å². The Kier molecular flexibility index (Phi) is 4.24. The lowest BCUT2D eigenvalue weighted by Crippen LogP contribution is -2.46. The van der Waals surface area contributed by atoms with E-state index in [9.17, 15) is 9.90 Å². The molecule has 2 fully saturated rings. The molecule has 2 saturated heterocycles. The lowest BCUT2D eigenvalue weighted by molar-refractivity contribution is -0.185. The van der Waals surface area contributed by atoms with Gasteiger partial charge in [0.1, 0.15) is 0 Å². The number of likely N-dealkylation sites (tertiary alicyclic amines) is 1. The van der Waals surface area contributed by atoms with E-state index in [2.05, 4.69) is 4.90 Å². The summed E-state index contributed by atoms with van der Waals surface area (Å²) in [5.41, 5.74) is 0.860. The van der Waals surface area contributed by atoms with Crippen LogP contribution in [0.4, 0.5) is 0 Å². The van der Waals surface area contributed by atoms with Gasteiger partial charge in [-0.25, -0.2) is 0 Å². The molecule has 0 radical (unpaired) electrons. The predicted molar refractivity (Wildman–Crippen MR) is 77.1 cm³/mol. The van der Waals surface area contributed by atoms with Gasteiger partial charge in [-0.15, -0.1) is 0 Å². The van der Waals surface area contributed by atoms with Gasteiger partial charge in [-0.3, -0.25) is 4.79 Å². The van der Waals surface area contributed by atoms with E-state index in [1.807, 2.05) is 30.3 Å². The Balaban J connectivity index is 1.61. The third-order valence-electron chi connectivity index (χ3n) is 4.37. The SMILES string of the molecule is O=C(O)C(CN1CCC2(CC1)OCCO2)c1ccccc1. The highest BCUT2D eigenvalue weighted by Crippen LogP contribution is 2.32. The summed E-state index contributed by atoms with van der Waals surface area (Å²) >= 11 is 0. The summed E-state index contributed by atoms with van der Waals surface area (Å²) in [6, 6.07) is 9.44. The van der Waals surface area contributed by atoms with Crippen molar-refractivity contribution < 1.29 is 19.4 Å². The molecule has 21 heavy (non-hydrogen) atoms. The van der Waals surface area contributed by atoms with Gasteiger partial charge in [-0.2, -0.15) is 0 Å². The van der Waals surface area contributed by atoms with E-state index in [1.165, 1.54) is 0 Å². The van der Waals surface area contributed by atoms with Gasteiger partial charge in [0.05, 0.1) is 19.1 Å². The second-order valence-electron chi connectivity index (χ2n) is 5.71. The number of ether oxygens (including phenoxy) is 2.